The number of benzene rings is 1. The van der Waals surface area contributed by atoms with Crippen LogP contribution in [0, 0.1) is 5.92 Å². The molecule has 148 valence electrons. The second-order valence-corrected chi connectivity index (χ2v) is 6.81. The molecule has 5 nitrogen and oxygen atoms in total. The molecule has 2 rings (SSSR count). The Morgan fingerprint density at radius 1 is 1.38 bits per heavy atom. The van der Waals surface area contributed by atoms with Gasteiger partial charge in [0.25, 0.3) is 0 Å². The average Bonchev–Trinajstić information content (AvgIpc) is 3.12. The molecule has 1 N–H and O–H groups in total. The van der Waals surface area contributed by atoms with Gasteiger partial charge in [-0.3, -0.25) is 4.99 Å². The van der Waals surface area contributed by atoms with Crippen molar-refractivity contribution in [2.75, 3.05) is 46.6 Å². The summed E-state index contributed by atoms with van der Waals surface area (Å²) in [7, 11) is 2.05. The van der Waals surface area contributed by atoms with E-state index < -0.39 is 0 Å². The second-order valence-electron chi connectivity index (χ2n) is 6.38. The standard InChI is InChI=1S/C19H30ClN3O2.HI/c1-3-21-19(23(2)13-16-5-7-18(20)8-6-16)22-10-4-11-24-14-17-9-12-25-15-17;/h5-8,17H,3-4,9-15H2,1-2H3,(H,21,22);1H. The molecule has 1 saturated heterocycles. The highest BCUT2D eigenvalue weighted by Crippen LogP contribution is 2.12. The monoisotopic (exact) mass is 495 g/mol. The number of aliphatic imine (C=N–C) groups is 1. The first-order chi connectivity index (χ1) is 12.2. The number of halogens is 2. The van der Waals surface area contributed by atoms with Gasteiger partial charge in [-0.15, -0.1) is 24.0 Å². The maximum absolute atomic E-state index is 5.94. The Kier molecular flexibility index (Phi) is 12.3. The van der Waals surface area contributed by atoms with Gasteiger partial charge in [0.1, 0.15) is 0 Å². The number of hydrogen-bond donors (Lipinski definition) is 1. The molecule has 0 saturated carbocycles. The highest BCUT2D eigenvalue weighted by molar-refractivity contribution is 14.0. The number of nitrogens with zero attached hydrogens (tertiary/aromatic N) is 2. The van der Waals surface area contributed by atoms with Crippen molar-refractivity contribution in [2.45, 2.75) is 26.3 Å². The van der Waals surface area contributed by atoms with Crippen molar-refractivity contribution in [2.24, 2.45) is 10.9 Å². The van der Waals surface area contributed by atoms with Crippen molar-refractivity contribution in [3.05, 3.63) is 34.9 Å². The van der Waals surface area contributed by atoms with Gasteiger partial charge >= 0.3 is 0 Å². The van der Waals surface area contributed by atoms with E-state index in [9.17, 15) is 0 Å². The first kappa shape index (κ1) is 23.5. The molecule has 1 unspecified atom stereocenters. The fraction of sp³-hybridized carbons (Fsp3) is 0.632. The molecule has 0 amide bonds. The fourth-order valence-electron chi connectivity index (χ4n) is 2.72. The average molecular weight is 496 g/mol. The summed E-state index contributed by atoms with van der Waals surface area (Å²) >= 11 is 5.94. The first-order valence-electron chi connectivity index (χ1n) is 9.08. The van der Waals surface area contributed by atoms with Gasteiger partial charge in [-0.05, 0) is 37.5 Å². The van der Waals surface area contributed by atoms with Crippen molar-refractivity contribution in [1.82, 2.24) is 10.2 Å². The minimum atomic E-state index is 0. The molecule has 1 aliphatic heterocycles. The number of ether oxygens (including phenoxy) is 2. The van der Waals surface area contributed by atoms with Crippen LogP contribution in [-0.4, -0.2) is 57.4 Å². The minimum absolute atomic E-state index is 0. The van der Waals surface area contributed by atoms with Crippen LogP contribution >= 0.6 is 35.6 Å². The zero-order valence-electron chi connectivity index (χ0n) is 15.7. The van der Waals surface area contributed by atoms with E-state index in [1.807, 2.05) is 31.3 Å². The van der Waals surface area contributed by atoms with Crippen LogP contribution in [0.2, 0.25) is 5.02 Å². The van der Waals surface area contributed by atoms with E-state index in [0.29, 0.717) is 5.92 Å². The van der Waals surface area contributed by atoms with E-state index in [1.165, 1.54) is 5.56 Å². The van der Waals surface area contributed by atoms with Crippen LogP contribution in [0.4, 0.5) is 0 Å². The number of rotatable bonds is 9. The van der Waals surface area contributed by atoms with Crippen molar-refractivity contribution in [3.63, 3.8) is 0 Å². The minimum Gasteiger partial charge on any atom is -0.381 e. The lowest BCUT2D eigenvalue weighted by Gasteiger charge is -2.22. The van der Waals surface area contributed by atoms with Gasteiger partial charge in [0.2, 0.25) is 0 Å². The Labute approximate surface area is 179 Å². The molecule has 1 fully saturated rings. The van der Waals surface area contributed by atoms with Crippen LogP contribution in [0.25, 0.3) is 0 Å². The molecule has 1 aromatic rings. The summed E-state index contributed by atoms with van der Waals surface area (Å²) < 4.78 is 11.1. The third kappa shape index (κ3) is 8.88. The molecule has 0 spiro atoms. The zero-order chi connectivity index (χ0) is 17.9. The molecule has 26 heavy (non-hydrogen) atoms. The maximum atomic E-state index is 5.94. The van der Waals surface area contributed by atoms with Crippen molar-refractivity contribution < 1.29 is 9.47 Å². The summed E-state index contributed by atoms with van der Waals surface area (Å²) in [4.78, 5) is 6.83. The van der Waals surface area contributed by atoms with E-state index in [4.69, 9.17) is 26.1 Å². The van der Waals surface area contributed by atoms with E-state index in [2.05, 4.69) is 17.1 Å². The number of hydrogen-bond acceptors (Lipinski definition) is 3. The lowest BCUT2D eigenvalue weighted by molar-refractivity contribution is 0.0893. The van der Waals surface area contributed by atoms with Crippen LogP contribution in [0.1, 0.15) is 25.3 Å². The molecule has 7 heteroatoms. The normalized spacial score (nSPS) is 17.0. The van der Waals surface area contributed by atoms with E-state index in [1.54, 1.807) is 0 Å². The van der Waals surface area contributed by atoms with Crippen LogP contribution in [0.5, 0.6) is 0 Å². The Balaban J connectivity index is 0.00000338. The molecule has 0 radical (unpaired) electrons. The molecule has 0 aliphatic carbocycles. The van der Waals surface area contributed by atoms with Crippen LogP contribution in [0.3, 0.4) is 0 Å². The summed E-state index contributed by atoms with van der Waals surface area (Å²) in [5, 5.41) is 4.10. The molecule has 0 aromatic heterocycles. The van der Waals surface area contributed by atoms with Gasteiger partial charge in [0.05, 0.1) is 13.2 Å². The topological polar surface area (TPSA) is 46.1 Å². The van der Waals surface area contributed by atoms with Gasteiger partial charge in [-0.25, -0.2) is 0 Å². The van der Waals surface area contributed by atoms with Crippen LogP contribution in [0.15, 0.2) is 29.3 Å². The summed E-state index contributed by atoms with van der Waals surface area (Å²) in [5.41, 5.74) is 1.21. The Bertz CT molecular complexity index is 522. The predicted molar refractivity (Wildman–Crippen MR) is 119 cm³/mol. The van der Waals surface area contributed by atoms with Gasteiger partial charge in [-0.1, -0.05) is 23.7 Å². The molecule has 1 aliphatic rings. The molecule has 1 atom stereocenters. The molecule has 0 bridgehead atoms. The predicted octanol–water partition coefficient (Wildman–Crippen LogP) is 3.80. The van der Waals surface area contributed by atoms with Gasteiger partial charge in [0.15, 0.2) is 5.96 Å². The van der Waals surface area contributed by atoms with Crippen molar-refractivity contribution >= 4 is 41.5 Å². The zero-order valence-corrected chi connectivity index (χ0v) is 18.8. The fourth-order valence-corrected chi connectivity index (χ4v) is 2.85. The second kappa shape index (κ2) is 13.6. The molecule has 1 aromatic carbocycles. The van der Waals surface area contributed by atoms with Crippen LogP contribution < -0.4 is 5.32 Å². The van der Waals surface area contributed by atoms with Crippen LogP contribution in [-0.2, 0) is 16.0 Å². The SMILES string of the molecule is CCNC(=NCCCOCC1CCOC1)N(C)Cc1ccc(Cl)cc1.I. The van der Waals surface area contributed by atoms with Crippen molar-refractivity contribution in [3.8, 4) is 0 Å². The summed E-state index contributed by atoms with van der Waals surface area (Å²) in [6.45, 7) is 7.76. The third-order valence-corrected chi connectivity index (χ3v) is 4.37. The molecular weight excluding hydrogens is 465 g/mol. The Morgan fingerprint density at radius 3 is 2.81 bits per heavy atom. The lowest BCUT2D eigenvalue weighted by atomic mass is 10.1. The van der Waals surface area contributed by atoms with E-state index >= 15 is 0 Å². The first-order valence-corrected chi connectivity index (χ1v) is 9.46. The van der Waals surface area contributed by atoms with Gasteiger partial charge in [-0.2, -0.15) is 0 Å². The lowest BCUT2D eigenvalue weighted by Crippen LogP contribution is -2.38. The number of nitrogens with one attached hydrogen (secondary N) is 1. The summed E-state index contributed by atoms with van der Waals surface area (Å²) in [6.07, 6.45) is 2.05. The number of guanidine groups is 1. The summed E-state index contributed by atoms with van der Waals surface area (Å²) in [5.74, 6) is 1.49. The highest BCUT2D eigenvalue weighted by Gasteiger charge is 2.15. The van der Waals surface area contributed by atoms with Gasteiger partial charge < -0.3 is 19.7 Å². The molecular formula is C19H31ClIN3O2. The smallest absolute Gasteiger partial charge is 0.193 e. The third-order valence-electron chi connectivity index (χ3n) is 4.12. The van der Waals surface area contributed by atoms with Crippen molar-refractivity contribution in [1.29, 1.82) is 0 Å². The largest absolute Gasteiger partial charge is 0.381 e. The quantitative estimate of drug-likeness (QED) is 0.245. The van der Waals surface area contributed by atoms with Gasteiger partial charge in [0, 0.05) is 50.8 Å². The van der Waals surface area contributed by atoms with E-state index in [-0.39, 0.29) is 24.0 Å². The highest BCUT2D eigenvalue weighted by atomic mass is 127. The molecule has 1 heterocycles. The van der Waals surface area contributed by atoms with E-state index in [0.717, 1.165) is 69.9 Å². The summed E-state index contributed by atoms with van der Waals surface area (Å²) in [6, 6.07) is 7.93. The Morgan fingerprint density at radius 2 is 2.15 bits per heavy atom. The Hall–Kier alpha value is -0.570. The maximum Gasteiger partial charge on any atom is 0.193 e.